The zero-order valence-electron chi connectivity index (χ0n) is 10.2. The van der Waals surface area contributed by atoms with Crippen molar-refractivity contribution >= 4 is 34.6 Å². The predicted molar refractivity (Wildman–Crippen MR) is 80.3 cm³/mol. The van der Waals surface area contributed by atoms with Crippen LogP contribution in [0.3, 0.4) is 0 Å². The molecule has 0 saturated carbocycles. The van der Waals surface area contributed by atoms with Crippen LogP contribution in [0.5, 0.6) is 0 Å². The number of para-hydroxylation sites is 1. The topological polar surface area (TPSA) is 12.4 Å². The molecule has 0 heterocycles. The molecule has 0 aliphatic rings. The Bertz CT molecular complexity index is 599. The molecule has 1 nitrogen and oxygen atoms in total. The van der Waals surface area contributed by atoms with Crippen LogP contribution in [-0.2, 0) is 0 Å². The van der Waals surface area contributed by atoms with Gasteiger partial charge in [0.05, 0.1) is 15.7 Å². The van der Waals surface area contributed by atoms with Gasteiger partial charge in [0, 0.05) is 11.3 Å². The van der Waals surface area contributed by atoms with Crippen LogP contribution in [0, 0.1) is 0 Å². The number of nitrogens with zero attached hydrogens (tertiary/aromatic N) is 1. The van der Waals surface area contributed by atoms with Crippen molar-refractivity contribution in [2.24, 2.45) is 4.99 Å². The Morgan fingerprint density at radius 1 is 0.944 bits per heavy atom. The van der Waals surface area contributed by atoms with Crippen molar-refractivity contribution in [2.45, 2.75) is 13.8 Å². The van der Waals surface area contributed by atoms with E-state index in [-0.39, 0.29) is 0 Å². The SMILES string of the molecule is CC(C)=Nc1ccccc1-c1ccc(Cl)c(Cl)c1. The van der Waals surface area contributed by atoms with Gasteiger partial charge in [-0.3, -0.25) is 4.99 Å². The first kappa shape index (κ1) is 13.1. The molecule has 0 N–H and O–H groups in total. The molecule has 0 amide bonds. The summed E-state index contributed by atoms with van der Waals surface area (Å²) in [5.41, 5.74) is 4.03. The first-order chi connectivity index (χ1) is 8.58. The molecule has 0 bridgehead atoms. The summed E-state index contributed by atoms with van der Waals surface area (Å²) in [6.45, 7) is 3.96. The number of halogens is 2. The summed E-state index contributed by atoms with van der Waals surface area (Å²) < 4.78 is 0. The Morgan fingerprint density at radius 2 is 1.67 bits per heavy atom. The number of rotatable bonds is 2. The number of benzene rings is 2. The molecule has 0 fully saturated rings. The van der Waals surface area contributed by atoms with Crippen LogP contribution in [0.4, 0.5) is 5.69 Å². The van der Waals surface area contributed by atoms with Crippen molar-refractivity contribution in [3.63, 3.8) is 0 Å². The monoisotopic (exact) mass is 277 g/mol. The molecular formula is C15H13Cl2N. The summed E-state index contributed by atoms with van der Waals surface area (Å²) in [4.78, 5) is 4.53. The van der Waals surface area contributed by atoms with E-state index in [0.29, 0.717) is 10.0 Å². The van der Waals surface area contributed by atoms with Gasteiger partial charge in [-0.05, 0) is 37.6 Å². The lowest BCUT2D eigenvalue weighted by Crippen LogP contribution is -1.83. The molecule has 0 aliphatic heterocycles. The number of hydrogen-bond acceptors (Lipinski definition) is 1. The Hall–Kier alpha value is -1.31. The second-order valence-corrected chi connectivity index (χ2v) is 5.02. The quantitative estimate of drug-likeness (QED) is 0.618. The molecule has 0 atom stereocenters. The van der Waals surface area contributed by atoms with Crippen molar-refractivity contribution in [3.8, 4) is 11.1 Å². The summed E-state index contributed by atoms with van der Waals surface area (Å²) in [7, 11) is 0. The molecule has 0 saturated heterocycles. The van der Waals surface area contributed by atoms with Crippen LogP contribution in [0.2, 0.25) is 10.0 Å². The molecular weight excluding hydrogens is 265 g/mol. The maximum absolute atomic E-state index is 6.05. The Morgan fingerprint density at radius 3 is 2.33 bits per heavy atom. The van der Waals surface area contributed by atoms with E-state index in [1.807, 2.05) is 50.2 Å². The largest absolute Gasteiger partial charge is 0.258 e. The third-order valence-corrected chi connectivity index (χ3v) is 3.22. The van der Waals surface area contributed by atoms with Gasteiger partial charge in [0.15, 0.2) is 0 Å². The Labute approximate surface area is 117 Å². The van der Waals surface area contributed by atoms with Crippen molar-refractivity contribution in [1.29, 1.82) is 0 Å². The van der Waals surface area contributed by atoms with Crippen LogP contribution in [-0.4, -0.2) is 5.71 Å². The first-order valence-electron chi connectivity index (χ1n) is 5.64. The summed E-state index contributed by atoms with van der Waals surface area (Å²) in [5, 5.41) is 1.12. The highest BCUT2D eigenvalue weighted by molar-refractivity contribution is 6.42. The maximum Gasteiger partial charge on any atom is 0.0707 e. The van der Waals surface area contributed by atoms with E-state index >= 15 is 0 Å². The summed E-state index contributed by atoms with van der Waals surface area (Å²) in [6.07, 6.45) is 0. The molecule has 92 valence electrons. The Balaban J connectivity index is 2.56. The average molecular weight is 278 g/mol. The minimum absolute atomic E-state index is 0.557. The van der Waals surface area contributed by atoms with Crippen LogP contribution in [0.15, 0.2) is 47.5 Å². The van der Waals surface area contributed by atoms with Gasteiger partial charge < -0.3 is 0 Å². The highest BCUT2D eigenvalue weighted by Gasteiger charge is 2.06. The third-order valence-electron chi connectivity index (χ3n) is 2.48. The third kappa shape index (κ3) is 2.92. The van der Waals surface area contributed by atoms with Crippen molar-refractivity contribution in [2.75, 3.05) is 0 Å². The zero-order chi connectivity index (χ0) is 13.1. The fraction of sp³-hybridized carbons (Fsp3) is 0.133. The van der Waals surface area contributed by atoms with E-state index in [1.54, 1.807) is 6.07 Å². The molecule has 2 aromatic carbocycles. The van der Waals surface area contributed by atoms with Crippen molar-refractivity contribution in [1.82, 2.24) is 0 Å². The van der Waals surface area contributed by atoms with E-state index in [0.717, 1.165) is 22.5 Å². The highest BCUT2D eigenvalue weighted by atomic mass is 35.5. The standard InChI is InChI=1S/C15H13Cl2N/c1-10(2)18-15-6-4-3-5-12(15)11-7-8-13(16)14(17)9-11/h3-9H,1-2H3. The van der Waals surface area contributed by atoms with Crippen LogP contribution >= 0.6 is 23.2 Å². The molecule has 0 aliphatic carbocycles. The second kappa shape index (κ2) is 5.55. The summed E-state index contributed by atoms with van der Waals surface area (Å²) in [6, 6.07) is 13.6. The van der Waals surface area contributed by atoms with E-state index in [9.17, 15) is 0 Å². The van der Waals surface area contributed by atoms with E-state index in [1.165, 1.54) is 0 Å². The molecule has 18 heavy (non-hydrogen) atoms. The lowest BCUT2D eigenvalue weighted by atomic mass is 10.0. The smallest absolute Gasteiger partial charge is 0.0707 e. The van der Waals surface area contributed by atoms with Gasteiger partial charge in [-0.2, -0.15) is 0 Å². The molecule has 3 heteroatoms. The molecule has 0 spiro atoms. The van der Waals surface area contributed by atoms with Crippen LogP contribution in [0.1, 0.15) is 13.8 Å². The summed E-state index contributed by atoms with van der Waals surface area (Å²) in [5.74, 6) is 0. The molecule has 0 radical (unpaired) electrons. The van der Waals surface area contributed by atoms with Gasteiger partial charge >= 0.3 is 0 Å². The normalized spacial score (nSPS) is 10.2. The van der Waals surface area contributed by atoms with Gasteiger partial charge in [-0.1, -0.05) is 47.5 Å². The van der Waals surface area contributed by atoms with Gasteiger partial charge in [0.25, 0.3) is 0 Å². The average Bonchev–Trinajstić information content (AvgIpc) is 2.33. The fourth-order valence-corrected chi connectivity index (χ4v) is 2.02. The van der Waals surface area contributed by atoms with Gasteiger partial charge in [-0.15, -0.1) is 0 Å². The summed E-state index contributed by atoms with van der Waals surface area (Å²) >= 11 is 12.0. The zero-order valence-corrected chi connectivity index (χ0v) is 11.8. The lowest BCUT2D eigenvalue weighted by Gasteiger charge is -2.07. The maximum atomic E-state index is 6.05. The van der Waals surface area contributed by atoms with E-state index in [4.69, 9.17) is 23.2 Å². The minimum atomic E-state index is 0.557. The Kier molecular flexibility index (Phi) is 4.05. The lowest BCUT2D eigenvalue weighted by molar-refractivity contribution is 1.47. The van der Waals surface area contributed by atoms with Crippen molar-refractivity contribution in [3.05, 3.63) is 52.5 Å². The minimum Gasteiger partial charge on any atom is -0.258 e. The van der Waals surface area contributed by atoms with Crippen molar-refractivity contribution < 1.29 is 0 Å². The fourth-order valence-electron chi connectivity index (χ4n) is 1.72. The van der Waals surface area contributed by atoms with Gasteiger partial charge in [0.1, 0.15) is 0 Å². The predicted octanol–water partition coefficient (Wildman–Crippen LogP) is 5.77. The molecule has 2 aromatic rings. The number of aliphatic imine (C=N–C) groups is 1. The van der Waals surface area contributed by atoms with E-state index < -0.39 is 0 Å². The van der Waals surface area contributed by atoms with Crippen LogP contribution < -0.4 is 0 Å². The van der Waals surface area contributed by atoms with Crippen LogP contribution in [0.25, 0.3) is 11.1 Å². The highest BCUT2D eigenvalue weighted by Crippen LogP contribution is 2.34. The number of hydrogen-bond donors (Lipinski definition) is 0. The first-order valence-corrected chi connectivity index (χ1v) is 6.40. The van der Waals surface area contributed by atoms with Gasteiger partial charge in [0.2, 0.25) is 0 Å². The molecule has 0 aromatic heterocycles. The van der Waals surface area contributed by atoms with E-state index in [2.05, 4.69) is 4.99 Å². The molecule has 2 rings (SSSR count). The molecule has 0 unspecified atom stereocenters. The van der Waals surface area contributed by atoms with Gasteiger partial charge in [-0.25, -0.2) is 0 Å². The second-order valence-electron chi connectivity index (χ2n) is 4.21.